The molecule has 1 aliphatic heterocycles. The highest BCUT2D eigenvalue weighted by atomic mass is 16.5. The lowest BCUT2D eigenvalue weighted by molar-refractivity contribution is -0.137. The Labute approximate surface area is 246 Å². The van der Waals surface area contributed by atoms with E-state index in [-0.39, 0.29) is 37.5 Å². The maximum atomic E-state index is 13.9. The monoisotopic (exact) mass is 570 g/mol. The quantitative estimate of drug-likeness (QED) is 0.385. The van der Waals surface area contributed by atoms with Crippen LogP contribution in [-0.2, 0) is 27.3 Å². The first-order chi connectivity index (χ1) is 20.4. The van der Waals surface area contributed by atoms with Gasteiger partial charge in [0.25, 0.3) is 5.91 Å². The molecule has 4 amide bonds. The molecule has 0 aliphatic carbocycles. The molecule has 42 heavy (non-hydrogen) atoms. The Morgan fingerprint density at radius 3 is 2.29 bits per heavy atom. The molecule has 9 nitrogen and oxygen atoms in total. The summed E-state index contributed by atoms with van der Waals surface area (Å²) in [5.74, 6) is -1.44. The molecule has 3 aromatic carbocycles. The molecule has 0 fully saturated rings. The summed E-state index contributed by atoms with van der Waals surface area (Å²) >= 11 is 0. The maximum Gasteiger partial charge on any atom is 0.255 e. The Bertz CT molecular complexity index is 1350. The second-order valence-electron chi connectivity index (χ2n) is 10.3. The van der Waals surface area contributed by atoms with Gasteiger partial charge < -0.3 is 25.6 Å². The summed E-state index contributed by atoms with van der Waals surface area (Å²) in [6.07, 6.45) is 1.63. The van der Waals surface area contributed by atoms with Crippen LogP contribution in [0.1, 0.15) is 47.7 Å². The molecule has 1 aliphatic rings. The van der Waals surface area contributed by atoms with Crippen LogP contribution >= 0.6 is 0 Å². The Morgan fingerprint density at radius 1 is 0.905 bits per heavy atom. The molecule has 0 saturated carbocycles. The van der Waals surface area contributed by atoms with Crippen molar-refractivity contribution < 1.29 is 23.9 Å². The summed E-state index contributed by atoms with van der Waals surface area (Å²) < 4.78 is 5.99. The van der Waals surface area contributed by atoms with Gasteiger partial charge in [-0.15, -0.1) is 0 Å². The van der Waals surface area contributed by atoms with E-state index in [1.54, 1.807) is 29.2 Å². The Hall–Kier alpha value is -4.66. The standard InChI is InChI=1S/C33H38N4O5/c1-2-3-18-37-19-20-42-29-17-11-10-16-26(29)31(39)36-27(32(40)34-23-25-14-8-5-9-15-25)22-30(38)35-28(33(37)41)21-24-12-6-4-7-13-24/h4-17,27-28H,2-3,18-23H2,1H3,(H,34,40)(H,35,38)(H,36,39)/t27-,28-/m0/s1. The topological polar surface area (TPSA) is 117 Å². The SMILES string of the molecule is CCCCN1CCOc2ccccc2C(=O)N[C@H](C(=O)NCc2ccccc2)CC(=O)N[C@@H](Cc2ccccc2)C1=O. The van der Waals surface area contributed by atoms with Crippen LogP contribution < -0.4 is 20.7 Å². The van der Waals surface area contributed by atoms with Gasteiger partial charge in [0.2, 0.25) is 17.7 Å². The normalized spacial score (nSPS) is 18.1. The number of ether oxygens (including phenoxy) is 1. The van der Waals surface area contributed by atoms with Crippen molar-refractivity contribution in [1.29, 1.82) is 0 Å². The minimum atomic E-state index is -1.18. The van der Waals surface area contributed by atoms with E-state index in [0.29, 0.717) is 18.8 Å². The van der Waals surface area contributed by atoms with Gasteiger partial charge in [-0.3, -0.25) is 19.2 Å². The van der Waals surface area contributed by atoms with Crippen molar-refractivity contribution in [3.05, 3.63) is 102 Å². The third-order valence-corrected chi connectivity index (χ3v) is 7.08. The molecule has 0 spiro atoms. The summed E-state index contributed by atoms with van der Waals surface area (Å²) in [7, 11) is 0. The molecular formula is C33H38N4O5. The molecule has 9 heteroatoms. The molecule has 0 radical (unpaired) electrons. The summed E-state index contributed by atoms with van der Waals surface area (Å²) in [5, 5.41) is 8.40. The third kappa shape index (κ3) is 8.67. The van der Waals surface area contributed by atoms with Crippen molar-refractivity contribution in [2.45, 2.75) is 51.2 Å². The van der Waals surface area contributed by atoms with E-state index in [0.717, 1.165) is 24.0 Å². The fourth-order valence-corrected chi connectivity index (χ4v) is 4.79. The van der Waals surface area contributed by atoms with Gasteiger partial charge in [0.15, 0.2) is 0 Å². The summed E-state index contributed by atoms with van der Waals surface area (Å²) in [6.45, 7) is 3.24. The summed E-state index contributed by atoms with van der Waals surface area (Å²) in [6, 6.07) is 23.5. The maximum absolute atomic E-state index is 13.9. The molecule has 0 bridgehead atoms. The summed E-state index contributed by atoms with van der Waals surface area (Å²) in [5.41, 5.74) is 2.01. The number of nitrogens with one attached hydrogen (secondary N) is 3. The number of unbranched alkanes of at least 4 members (excludes halogenated alkanes) is 1. The largest absolute Gasteiger partial charge is 0.491 e. The highest BCUT2D eigenvalue weighted by molar-refractivity contribution is 6.01. The number of carbonyl (C=O) groups is 4. The van der Waals surface area contributed by atoms with E-state index in [1.807, 2.05) is 67.6 Å². The van der Waals surface area contributed by atoms with Crippen LogP contribution in [-0.4, -0.2) is 60.3 Å². The number of carbonyl (C=O) groups excluding carboxylic acids is 4. The number of fused-ring (bicyclic) bond motifs is 1. The smallest absolute Gasteiger partial charge is 0.255 e. The fraction of sp³-hybridized carbons (Fsp3) is 0.333. The zero-order chi connectivity index (χ0) is 29.7. The van der Waals surface area contributed by atoms with E-state index in [1.165, 1.54) is 0 Å². The van der Waals surface area contributed by atoms with Crippen molar-refractivity contribution in [2.75, 3.05) is 19.7 Å². The molecule has 4 rings (SSSR count). The number of para-hydroxylation sites is 1. The lowest BCUT2D eigenvalue weighted by Gasteiger charge is -2.29. The van der Waals surface area contributed by atoms with Gasteiger partial charge in [-0.25, -0.2) is 0 Å². The first kappa shape index (κ1) is 30.3. The molecule has 0 aromatic heterocycles. The predicted molar refractivity (Wildman–Crippen MR) is 160 cm³/mol. The van der Waals surface area contributed by atoms with E-state index in [2.05, 4.69) is 16.0 Å². The Morgan fingerprint density at radius 2 is 1.57 bits per heavy atom. The lowest BCUT2D eigenvalue weighted by Crippen LogP contribution is -2.54. The lowest BCUT2D eigenvalue weighted by atomic mass is 10.0. The molecule has 3 N–H and O–H groups in total. The Balaban J connectivity index is 1.62. The molecule has 0 unspecified atom stereocenters. The van der Waals surface area contributed by atoms with Gasteiger partial charge >= 0.3 is 0 Å². The molecule has 220 valence electrons. The van der Waals surface area contributed by atoms with Crippen molar-refractivity contribution in [2.24, 2.45) is 0 Å². The molecule has 3 aromatic rings. The van der Waals surface area contributed by atoms with Crippen LogP contribution in [0.15, 0.2) is 84.9 Å². The molecule has 1 heterocycles. The number of hydrogen-bond donors (Lipinski definition) is 3. The van der Waals surface area contributed by atoms with E-state index < -0.39 is 29.8 Å². The van der Waals surface area contributed by atoms with Crippen LogP contribution in [0, 0.1) is 0 Å². The van der Waals surface area contributed by atoms with Crippen molar-refractivity contribution >= 4 is 23.6 Å². The predicted octanol–water partition coefficient (Wildman–Crippen LogP) is 3.24. The number of hydrogen-bond acceptors (Lipinski definition) is 5. The third-order valence-electron chi connectivity index (χ3n) is 7.08. The number of benzene rings is 3. The zero-order valence-electron chi connectivity index (χ0n) is 23.9. The van der Waals surface area contributed by atoms with Crippen molar-refractivity contribution in [1.82, 2.24) is 20.9 Å². The minimum absolute atomic E-state index is 0.159. The van der Waals surface area contributed by atoms with Crippen molar-refractivity contribution in [3.63, 3.8) is 0 Å². The second-order valence-corrected chi connectivity index (χ2v) is 10.3. The number of rotatable bonds is 8. The first-order valence-electron chi connectivity index (χ1n) is 14.4. The average Bonchev–Trinajstić information content (AvgIpc) is 3.01. The highest BCUT2D eigenvalue weighted by Gasteiger charge is 2.30. The summed E-state index contributed by atoms with van der Waals surface area (Å²) in [4.78, 5) is 55.7. The number of nitrogens with zero attached hydrogens (tertiary/aromatic N) is 1. The molecular weight excluding hydrogens is 532 g/mol. The molecule has 0 saturated heterocycles. The van der Waals surface area contributed by atoms with Gasteiger partial charge in [0.1, 0.15) is 24.4 Å². The van der Waals surface area contributed by atoms with E-state index in [4.69, 9.17) is 4.74 Å². The highest BCUT2D eigenvalue weighted by Crippen LogP contribution is 2.19. The van der Waals surface area contributed by atoms with Crippen LogP contribution in [0.3, 0.4) is 0 Å². The zero-order valence-corrected chi connectivity index (χ0v) is 23.9. The fourth-order valence-electron chi connectivity index (χ4n) is 4.79. The van der Waals surface area contributed by atoms with Crippen LogP contribution in [0.5, 0.6) is 5.75 Å². The molecule has 2 atom stereocenters. The van der Waals surface area contributed by atoms with Gasteiger partial charge in [0.05, 0.1) is 18.5 Å². The Kier molecular flexibility index (Phi) is 11.1. The van der Waals surface area contributed by atoms with Crippen LogP contribution in [0.4, 0.5) is 0 Å². The number of amides is 4. The van der Waals surface area contributed by atoms with Crippen molar-refractivity contribution in [3.8, 4) is 5.75 Å². The van der Waals surface area contributed by atoms with E-state index >= 15 is 0 Å². The average molecular weight is 571 g/mol. The van der Waals surface area contributed by atoms with Crippen LogP contribution in [0.25, 0.3) is 0 Å². The van der Waals surface area contributed by atoms with Gasteiger partial charge in [-0.05, 0) is 29.7 Å². The van der Waals surface area contributed by atoms with Crippen LogP contribution in [0.2, 0.25) is 0 Å². The minimum Gasteiger partial charge on any atom is -0.491 e. The van der Waals surface area contributed by atoms with E-state index in [9.17, 15) is 19.2 Å². The van der Waals surface area contributed by atoms with Gasteiger partial charge in [0, 0.05) is 19.5 Å². The van der Waals surface area contributed by atoms with Gasteiger partial charge in [-0.2, -0.15) is 0 Å². The second kappa shape index (κ2) is 15.4. The first-order valence-corrected chi connectivity index (χ1v) is 14.4. The van der Waals surface area contributed by atoms with Gasteiger partial charge in [-0.1, -0.05) is 86.1 Å².